The zero-order chi connectivity index (χ0) is 22.8. The maximum atomic E-state index is 5.52. The summed E-state index contributed by atoms with van der Waals surface area (Å²) in [5.41, 5.74) is 0. The van der Waals surface area contributed by atoms with Crippen LogP contribution in [0.1, 0.15) is 51.4 Å². The van der Waals surface area contributed by atoms with Gasteiger partial charge in [-0.25, -0.2) is 0 Å². The molecule has 11 heteroatoms. The number of thiocarbonyl (C=S) groups is 2. The average Bonchev–Trinajstić information content (AvgIpc) is 2.82. The van der Waals surface area contributed by atoms with Crippen molar-refractivity contribution in [1.29, 1.82) is 0 Å². The first-order valence-corrected chi connectivity index (χ1v) is 13.5. The molecule has 0 saturated carbocycles. The monoisotopic (exact) mass is 583 g/mol. The first kappa shape index (κ1) is 29.8. The van der Waals surface area contributed by atoms with E-state index in [4.69, 9.17) is 68.6 Å². The summed E-state index contributed by atoms with van der Waals surface area (Å²) in [6, 6.07) is 1.46. The van der Waals surface area contributed by atoms with E-state index in [2.05, 4.69) is 9.80 Å². The molecule has 193 valence electrons. The topological polar surface area (TPSA) is 43.4 Å². The van der Waals surface area contributed by atoms with Gasteiger partial charge in [0, 0.05) is 26.4 Å². The van der Waals surface area contributed by atoms with Gasteiger partial charge in [0.15, 0.2) is 0 Å². The maximum absolute atomic E-state index is 5.52. The molecule has 6 nitrogen and oxygen atoms in total. The van der Waals surface area contributed by atoms with E-state index in [9.17, 15) is 0 Å². The van der Waals surface area contributed by atoms with Gasteiger partial charge in [-0.1, -0.05) is 8.64 Å². The second kappa shape index (κ2) is 16.3. The molecule has 0 aliphatic carbocycles. The molecule has 0 amide bonds. The molecule has 0 N–H and O–H groups in total. The zero-order valence-electron chi connectivity index (χ0n) is 19.1. The van der Waals surface area contributed by atoms with Crippen molar-refractivity contribution in [3.63, 3.8) is 0 Å². The SMILES string of the molecule is S=C([S-])N(C1CCCOC1)C1CCCOC1.S=C([S-])N(C1CCCOC1)C1CCCOC1.[Cu+2]. The number of hydrogen-bond donors (Lipinski definition) is 0. The molecule has 4 heterocycles. The predicted octanol–water partition coefficient (Wildman–Crippen LogP) is 2.95. The second-order valence-electron chi connectivity index (χ2n) is 8.83. The van der Waals surface area contributed by atoms with Crippen molar-refractivity contribution in [2.75, 3.05) is 52.9 Å². The molecular formula is C22H36CuN2O4S4. The Balaban J connectivity index is 0.000000227. The van der Waals surface area contributed by atoms with Crippen LogP contribution in [-0.4, -0.2) is 95.5 Å². The Labute approximate surface area is 231 Å². The Bertz CT molecular complexity index is 497. The van der Waals surface area contributed by atoms with E-state index in [1.54, 1.807) is 0 Å². The van der Waals surface area contributed by atoms with Gasteiger partial charge < -0.3 is 78.4 Å². The molecule has 4 unspecified atom stereocenters. The van der Waals surface area contributed by atoms with Crippen LogP contribution >= 0.6 is 24.4 Å². The fourth-order valence-electron chi connectivity index (χ4n) is 4.97. The normalized spacial score (nSPS) is 30.1. The molecule has 0 aromatic heterocycles. The van der Waals surface area contributed by atoms with E-state index in [0.29, 0.717) is 32.8 Å². The summed E-state index contributed by atoms with van der Waals surface area (Å²) in [4.78, 5) is 4.37. The summed E-state index contributed by atoms with van der Waals surface area (Å²) >= 11 is 20.8. The fourth-order valence-corrected chi connectivity index (χ4v) is 6.16. The summed E-state index contributed by atoms with van der Waals surface area (Å²) in [5.74, 6) is 0. The van der Waals surface area contributed by atoms with Crippen molar-refractivity contribution in [2.45, 2.75) is 75.5 Å². The summed E-state index contributed by atoms with van der Waals surface area (Å²) < 4.78 is 23.2. The van der Waals surface area contributed by atoms with Gasteiger partial charge in [-0.2, -0.15) is 0 Å². The Morgan fingerprint density at radius 2 is 0.788 bits per heavy atom. The van der Waals surface area contributed by atoms with Crippen LogP contribution in [0.3, 0.4) is 0 Å². The van der Waals surface area contributed by atoms with Crippen molar-refractivity contribution in [3.05, 3.63) is 0 Å². The van der Waals surface area contributed by atoms with Crippen LogP contribution in [0.15, 0.2) is 0 Å². The third-order valence-electron chi connectivity index (χ3n) is 6.54. The molecule has 4 rings (SSSR count). The van der Waals surface area contributed by atoms with Crippen molar-refractivity contribution >= 4 is 58.3 Å². The van der Waals surface area contributed by atoms with E-state index < -0.39 is 0 Å². The third-order valence-corrected chi connectivity index (χ3v) is 7.38. The number of nitrogens with zero attached hydrogens (tertiary/aromatic N) is 2. The Kier molecular flexibility index (Phi) is 14.8. The first-order valence-electron chi connectivity index (χ1n) is 11.9. The van der Waals surface area contributed by atoms with Gasteiger partial charge in [0.25, 0.3) is 0 Å². The van der Waals surface area contributed by atoms with Gasteiger partial charge in [0.05, 0.1) is 50.6 Å². The van der Waals surface area contributed by atoms with Gasteiger partial charge in [-0.3, -0.25) is 0 Å². The van der Waals surface area contributed by atoms with E-state index in [1.807, 2.05) is 0 Å². The average molecular weight is 584 g/mol. The minimum absolute atomic E-state index is 0. The van der Waals surface area contributed by atoms with Crippen LogP contribution in [0.25, 0.3) is 0 Å². The van der Waals surface area contributed by atoms with Crippen molar-refractivity contribution in [1.82, 2.24) is 9.80 Å². The zero-order valence-corrected chi connectivity index (χ0v) is 23.3. The van der Waals surface area contributed by atoms with Gasteiger partial charge in [0.1, 0.15) is 0 Å². The largest absolute Gasteiger partial charge is 2.00 e. The molecule has 0 aromatic rings. The predicted molar refractivity (Wildman–Crippen MR) is 139 cm³/mol. The molecule has 0 bridgehead atoms. The quantitative estimate of drug-likeness (QED) is 0.280. The number of ether oxygens (including phenoxy) is 4. The number of hydrogen-bond acceptors (Lipinski definition) is 8. The summed E-state index contributed by atoms with van der Waals surface area (Å²) in [6.45, 7) is 6.51. The van der Waals surface area contributed by atoms with E-state index in [0.717, 1.165) is 104 Å². The van der Waals surface area contributed by atoms with Crippen molar-refractivity contribution in [2.24, 2.45) is 0 Å². The van der Waals surface area contributed by atoms with E-state index in [-0.39, 0.29) is 17.1 Å². The molecule has 4 saturated heterocycles. The van der Waals surface area contributed by atoms with Crippen LogP contribution in [0, 0.1) is 0 Å². The van der Waals surface area contributed by atoms with Crippen LogP contribution < -0.4 is 0 Å². The fraction of sp³-hybridized carbons (Fsp3) is 0.909. The summed E-state index contributed by atoms with van der Waals surface area (Å²) in [6.07, 6.45) is 8.94. The minimum Gasteiger partial charge on any atom is -0.411 e. The molecular weight excluding hydrogens is 548 g/mol. The second-order valence-corrected chi connectivity index (χ2v) is 10.9. The smallest absolute Gasteiger partial charge is 0.411 e. The Hall–Kier alpha value is 0.579. The Morgan fingerprint density at radius 3 is 0.939 bits per heavy atom. The van der Waals surface area contributed by atoms with Gasteiger partial charge in [-0.15, -0.1) is 0 Å². The standard InChI is InChI=1S/2C11H19NO2S2.Cu/c2*15-11(16)12(9-3-1-5-13-7-9)10-4-2-6-14-8-10;/h2*9-10H,1-8H2,(H,15,16);/q;;+2/p-2. The Morgan fingerprint density at radius 1 is 0.545 bits per heavy atom. The minimum atomic E-state index is 0. The van der Waals surface area contributed by atoms with Crippen LogP contribution in [0.5, 0.6) is 0 Å². The molecule has 4 atom stereocenters. The molecule has 4 fully saturated rings. The number of rotatable bonds is 4. The van der Waals surface area contributed by atoms with Crippen LogP contribution in [0.2, 0.25) is 0 Å². The molecule has 0 spiro atoms. The molecule has 33 heavy (non-hydrogen) atoms. The van der Waals surface area contributed by atoms with Crippen LogP contribution in [-0.2, 0) is 61.3 Å². The van der Waals surface area contributed by atoms with E-state index >= 15 is 0 Å². The third kappa shape index (κ3) is 9.52. The van der Waals surface area contributed by atoms with Gasteiger partial charge in [0.2, 0.25) is 0 Å². The summed E-state index contributed by atoms with van der Waals surface area (Å²) in [5, 5.41) is 0. The van der Waals surface area contributed by atoms with Crippen LogP contribution in [0.4, 0.5) is 0 Å². The first-order chi connectivity index (χ1) is 15.6. The van der Waals surface area contributed by atoms with E-state index in [1.165, 1.54) is 0 Å². The summed E-state index contributed by atoms with van der Waals surface area (Å²) in [7, 11) is 0. The van der Waals surface area contributed by atoms with Crippen molar-refractivity contribution < 1.29 is 36.0 Å². The molecule has 1 radical (unpaired) electrons. The van der Waals surface area contributed by atoms with Gasteiger partial charge >= 0.3 is 17.1 Å². The molecule has 4 aliphatic heterocycles. The molecule has 4 aliphatic rings. The van der Waals surface area contributed by atoms with Gasteiger partial charge in [-0.05, 0) is 51.4 Å². The molecule has 0 aromatic carbocycles. The van der Waals surface area contributed by atoms with Crippen molar-refractivity contribution in [3.8, 4) is 0 Å². The maximum Gasteiger partial charge on any atom is 2.00 e.